The average Bonchev–Trinajstić information content (AvgIpc) is 3.47. The summed E-state index contributed by atoms with van der Waals surface area (Å²) >= 11 is 0. The number of pyridine rings is 1. The number of carboxylic acid groups (broad SMARTS) is 1. The molecule has 218 valence electrons. The van der Waals surface area contributed by atoms with Gasteiger partial charge in [0.15, 0.2) is 17.1 Å². The van der Waals surface area contributed by atoms with E-state index in [0.717, 1.165) is 26.5 Å². The topological polar surface area (TPSA) is 182 Å². The summed E-state index contributed by atoms with van der Waals surface area (Å²) in [7, 11) is -4.25. The number of aromatic nitrogens is 6. The highest BCUT2D eigenvalue weighted by atomic mass is 32.2. The van der Waals surface area contributed by atoms with Gasteiger partial charge >= 0.3 is 17.8 Å². The Morgan fingerprint density at radius 2 is 1.81 bits per heavy atom. The quantitative estimate of drug-likeness (QED) is 0.252. The molecule has 1 aromatic carbocycles. The van der Waals surface area contributed by atoms with E-state index in [-0.39, 0.29) is 44.0 Å². The van der Waals surface area contributed by atoms with Crippen molar-refractivity contribution in [2.24, 2.45) is 0 Å². The fourth-order valence-electron chi connectivity index (χ4n) is 4.24. The van der Waals surface area contributed by atoms with Crippen LogP contribution in [0.4, 0.5) is 13.2 Å². The van der Waals surface area contributed by atoms with Gasteiger partial charge in [-0.05, 0) is 32.0 Å². The minimum Gasteiger partial charge on any atom is -0.478 e. The van der Waals surface area contributed by atoms with Gasteiger partial charge in [-0.25, -0.2) is 36.9 Å². The summed E-state index contributed by atoms with van der Waals surface area (Å²) in [5.74, 6) is -2.61. The van der Waals surface area contributed by atoms with Crippen molar-refractivity contribution in [3.05, 3.63) is 70.5 Å². The van der Waals surface area contributed by atoms with Gasteiger partial charge in [-0.15, -0.1) is 0 Å². The molecule has 3 N–H and O–H groups in total. The first-order valence-electron chi connectivity index (χ1n) is 12.1. The van der Waals surface area contributed by atoms with Gasteiger partial charge in [0.25, 0.3) is 10.0 Å². The molecule has 0 bridgehead atoms. The summed E-state index contributed by atoms with van der Waals surface area (Å²) < 4.78 is 66.7. The molecule has 5 aromatic rings. The molecular formula is C25H20F3N7O6S. The Balaban J connectivity index is 1.69. The molecular weight excluding hydrogens is 583 g/mol. The Hall–Kier alpha value is -5.06. The number of halogens is 3. The van der Waals surface area contributed by atoms with Crippen molar-refractivity contribution in [1.29, 1.82) is 0 Å². The van der Waals surface area contributed by atoms with Crippen molar-refractivity contribution in [3.63, 3.8) is 0 Å². The first kappa shape index (κ1) is 28.5. The van der Waals surface area contributed by atoms with Gasteiger partial charge in [-0.2, -0.15) is 13.2 Å². The lowest BCUT2D eigenvalue weighted by molar-refractivity contribution is -0.140. The Morgan fingerprint density at radius 1 is 1.12 bits per heavy atom. The minimum absolute atomic E-state index is 0.0209. The molecule has 1 amide bonds. The Kier molecular flexibility index (Phi) is 6.84. The van der Waals surface area contributed by atoms with Gasteiger partial charge in [0.1, 0.15) is 18.1 Å². The second-order valence-corrected chi connectivity index (χ2v) is 11.1. The first-order chi connectivity index (χ1) is 19.7. The molecule has 1 unspecified atom stereocenters. The number of carbonyl (C=O) groups is 2. The molecule has 0 saturated heterocycles. The van der Waals surface area contributed by atoms with Gasteiger partial charge < -0.3 is 15.4 Å². The van der Waals surface area contributed by atoms with E-state index in [4.69, 9.17) is 0 Å². The molecule has 17 heteroatoms. The number of hydrogen-bond donors (Lipinski definition) is 3. The maximum atomic E-state index is 13.6. The Labute approximate surface area is 233 Å². The van der Waals surface area contributed by atoms with Crippen molar-refractivity contribution >= 4 is 44.1 Å². The number of aryl methyl sites for hydroxylation is 1. The zero-order chi connectivity index (χ0) is 30.6. The zero-order valence-electron chi connectivity index (χ0n) is 21.7. The number of H-pyrrole nitrogens is 1. The zero-order valence-corrected chi connectivity index (χ0v) is 22.5. The summed E-state index contributed by atoms with van der Waals surface area (Å²) in [4.78, 5) is 51.7. The fraction of sp³-hybridized carbons (Fsp3) is 0.200. The summed E-state index contributed by atoms with van der Waals surface area (Å²) in [6.45, 7) is 1.37. The van der Waals surface area contributed by atoms with Crippen molar-refractivity contribution in [1.82, 2.24) is 33.8 Å². The molecule has 0 fully saturated rings. The van der Waals surface area contributed by atoms with Gasteiger partial charge in [0, 0.05) is 23.3 Å². The van der Waals surface area contributed by atoms with Crippen LogP contribution in [0.25, 0.3) is 33.6 Å². The maximum Gasteiger partial charge on any atom is 0.405 e. The summed E-state index contributed by atoms with van der Waals surface area (Å²) in [6, 6.07) is 5.75. The van der Waals surface area contributed by atoms with Crippen LogP contribution in [-0.4, -0.2) is 66.6 Å². The number of benzene rings is 1. The maximum absolute atomic E-state index is 13.6. The number of nitrogens with one attached hydrogen (secondary N) is 2. The molecule has 13 nitrogen and oxygen atoms in total. The van der Waals surface area contributed by atoms with E-state index in [1.165, 1.54) is 31.3 Å². The van der Waals surface area contributed by atoms with E-state index in [1.807, 2.05) is 0 Å². The van der Waals surface area contributed by atoms with E-state index < -0.39 is 46.4 Å². The van der Waals surface area contributed by atoms with Crippen LogP contribution >= 0.6 is 0 Å². The van der Waals surface area contributed by atoms with E-state index in [1.54, 1.807) is 24.4 Å². The SMILES string of the molecule is Cc1ccc(S(=O)(=O)n2cc(-c3ncc4[nH]c(=O)n(C(C)C(=O)NCC(F)(F)F)c4n3)c3cc(C(=O)O)cnc32)cc1. The number of hydrogen-bond acceptors (Lipinski definition) is 8. The molecule has 0 saturated carbocycles. The Morgan fingerprint density at radius 3 is 2.45 bits per heavy atom. The van der Waals surface area contributed by atoms with Crippen molar-refractivity contribution in [3.8, 4) is 11.4 Å². The third kappa shape index (κ3) is 5.09. The number of rotatable bonds is 7. The summed E-state index contributed by atoms with van der Waals surface area (Å²) in [6.07, 6.45) is -1.37. The number of fused-ring (bicyclic) bond motifs is 2. The van der Waals surface area contributed by atoms with E-state index in [0.29, 0.717) is 0 Å². The number of nitrogens with zero attached hydrogens (tertiary/aromatic N) is 5. The van der Waals surface area contributed by atoms with Crippen LogP contribution in [-0.2, 0) is 14.8 Å². The number of alkyl halides is 3. The number of imidazole rings is 1. The van der Waals surface area contributed by atoms with Crippen molar-refractivity contribution in [2.75, 3.05) is 6.54 Å². The van der Waals surface area contributed by atoms with Crippen LogP contribution in [0.2, 0.25) is 0 Å². The molecule has 0 aliphatic rings. The van der Waals surface area contributed by atoms with Gasteiger partial charge in [-0.1, -0.05) is 17.7 Å². The van der Waals surface area contributed by atoms with Crippen LogP contribution in [0.3, 0.4) is 0 Å². The van der Waals surface area contributed by atoms with Crippen LogP contribution < -0.4 is 11.0 Å². The molecule has 0 spiro atoms. The van der Waals surface area contributed by atoms with Crippen LogP contribution in [0, 0.1) is 6.92 Å². The third-order valence-electron chi connectivity index (χ3n) is 6.36. The highest BCUT2D eigenvalue weighted by Crippen LogP contribution is 2.32. The van der Waals surface area contributed by atoms with E-state index in [2.05, 4.69) is 19.9 Å². The highest BCUT2D eigenvalue weighted by Gasteiger charge is 2.30. The summed E-state index contributed by atoms with van der Waals surface area (Å²) in [5.41, 5.74) is -0.534. The van der Waals surface area contributed by atoms with E-state index in [9.17, 15) is 41.1 Å². The predicted octanol–water partition coefficient (Wildman–Crippen LogP) is 2.62. The predicted molar refractivity (Wildman–Crippen MR) is 141 cm³/mol. The number of amides is 1. The van der Waals surface area contributed by atoms with Crippen LogP contribution in [0.1, 0.15) is 28.9 Å². The second kappa shape index (κ2) is 10.1. The average molecular weight is 604 g/mol. The molecule has 0 aliphatic heterocycles. The first-order valence-corrected chi connectivity index (χ1v) is 13.5. The highest BCUT2D eigenvalue weighted by molar-refractivity contribution is 7.90. The molecule has 42 heavy (non-hydrogen) atoms. The fourth-order valence-corrected chi connectivity index (χ4v) is 5.56. The normalized spacial score (nSPS) is 13.0. The number of carbonyl (C=O) groups excluding carboxylic acids is 1. The molecule has 5 rings (SSSR count). The van der Waals surface area contributed by atoms with Crippen molar-refractivity contribution in [2.45, 2.75) is 31.0 Å². The van der Waals surface area contributed by atoms with Crippen molar-refractivity contribution < 1.29 is 36.3 Å². The number of aromatic amines is 1. The molecule has 0 radical (unpaired) electrons. The van der Waals surface area contributed by atoms with Crippen LogP contribution in [0.15, 0.2) is 58.6 Å². The largest absolute Gasteiger partial charge is 0.478 e. The molecule has 4 heterocycles. The lowest BCUT2D eigenvalue weighted by Crippen LogP contribution is -2.39. The van der Waals surface area contributed by atoms with Gasteiger partial charge in [0.05, 0.1) is 16.7 Å². The molecule has 1 atom stereocenters. The number of carboxylic acids is 1. The third-order valence-corrected chi connectivity index (χ3v) is 8.03. The standard InChI is InChI=1S/C25H20F3N7O6S/c1-12-3-5-15(6-4-12)42(40,41)34-10-17(16-7-14(23(37)38)8-30-20(16)34)19-29-9-18-21(33-19)35(24(39)32-18)13(2)22(36)31-11-25(26,27)28/h3-10,13H,11H2,1-2H3,(H,31,36)(H,32,39)(H,37,38). The molecule has 4 aromatic heterocycles. The van der Waals surface area contributed by atoms with Gasteiger partial charge in [0.2, 0.25) is 5.91 Å². The monoisotopic (exact) mass is 603 g/mol. The summed E-state index contributed by atoms with van der Waals surface area (Å²) in [5, 5.41) is 11.3. The number of aromatic carboxylic acids is 1. The Bertz CT molecular complexity index is 2050. The van der Waals surface area contributed by atoms with Crippen LogP contribution in [0.5, 0.6) is 0 Å². The lowest BCUT2D eigenvalue weighted by Gasteiger charge is -2.14. The smallest absolute Gasteiger partial charge is 0.405 e. The minimum atomic E-state index is -4.67. The second-order valence-electron chi connectivity index (χ2n) is 9.30. The van der Waals surface area contributed by atoms with E-state index >= 15 is 0 Å². The lowest BCUT2D eigenvalue weighted by atomic mass is 10.1. The molecule has 0 aliphatic carbocycles. The van der Waals surface area contributed by atoms with Gasteiger partial charge in [-0.3, -0.25) is 9.36 Å².